The molecule has 0 amide bonds. The topological polar surface area (TPSA) is 15.3 Å². The molecule has 0 fully saturated rings. The largest absolute Gasteiger partial charge is 0.372 e. The van der Waals surface area contributed by atoms with Crippen molar-refractivity contribution in [2.24, 2.45) is 0 Å². The average Bonchev–Trinajstić information content (AvgIpc) is 2.38. The first-order valence-corrected chi connectivity index (χ1v) is 7.28. The van der Waals surface area contributed by atoms with Gasteiger partial charge in [0.2, 0.25) is 0 Å². The van der Waals surface area contributed by atoms with E-state index < -0.39 is 0 Å². The fraction of sp³-hybridized carbons (Fsp3) is 0.625. The van der Waals surface area contributed by atoms with Crippen molar-refractivity contribution in [2.45, 2.75) is 47.1 Å². The van der Waals surface area contributed by atoms with Gasteiger partial charge >= 0.3 is 0 Å². The second kappa shape index (κ2) is 8.15. The van der Waals surface area contributed by atoms with Crippen LogP contribution in [0.2, 0.25) is 0 Å². The quantitative estimate of drug-likeness (QED) is 0.754. The fourth-order valence-electron chi connectivity index (χ4n) is 2.22. The number of hydrogen-bond acceptors (Lipinski definition) is 2. The van der Waals surface area contributed by atoms with Crippen molar-refractivity contribution >= 4 is 5.69 Å². The molecule has 0 bridgehead atoms. The molecule has 1 rings (SSSR count). The minimum Gasteiger partial charge on any atom is -0.372 e. The Balaban J connectivity index is 2.89. The Kier molecular flexibility index (Phi) is 6.81. The Morgan fingerprint density at radius 2 is 1.94 bits per heavy atom. The lowest BCUT2D eigenvalue weighted by atomic mass is 10.1. The number of nitrogens with one attached hydrogen (secondary N) is 1. The molecule has 102 valence electrons. The number of aryl methyl sites for hydroxylation is 1. The van der Waals surface area contributed by atoms with Crippen molar-refractivity contribution in [3.05, 3.63) is 29.3 Å². The first kappa shape index (κ1) is 15.0. The molecule has 1 aromatic rings. The summed E-state index contributed by atoms with van der Waals surface area (Å²) < 4.78 is 0. The Morgan fingerprint density at radius 3 is 2.56 bits per heavy atom. The monoisotopic (exact) mass is 248 g/mol. The summed E-state index contributed by atoms with van der Waals surface area (Å²) in [5, 5.41) is 3.44. The van der Waals surface area contributed by atoms with E-state index in [-0.39, 0.29) is 0 Å². The smallest absolute Gasteiger partial charge is 0.0411 e. The van der Waals surface area contributed by atoms with E-state index in [1.807, 2.05) is 0 Å². The second-order valence-corrected chi connectivity index (χ2v) is 4.85. The average molecular weight is 248 g/mol. The first-order chi connectivity index (χ1) is 8.72. The highest BCUT2D eigenvalue weighted by Gasteiger charge is 2.09. The highest BCUT2D eigenvalue weighted by molar-refractivity contribution is 5.55. The van der Waals surface area contributed by atoms with Crippen LogP contribution in [0.25, 0.3) is 0 Å². The molecule has 0 unspecified atom stereocenters. The third-order valence-corrected chi connectivity index (χ3v) is 3.30. The fourth-order valence-corrected chi connectivity index (χ4v) is 2.22. The normalized spacial score (nSPS) is 10.7. The maximum Gasteiger partial charge on any atom is 0.0411 e. The molecular formula is C16H28N2. The van der Waals surface area contributed by atoms with Gasteiger partial charge in [-0.05, 0) is 38.4 Å². The minimum atomic E-state index is 0.968. The Hall–Kier alpha value is -1.02. The van der Waals surface area contributed by atoms with E-state index in [9.17, 15) is 0 Å². The van der Waals surface area contributed by atoms with Gasteiger partial charge in [-0.2, -0.15) is 0 Å². The van der Waals surface area contributed by atoms with E-state index in [4.69, 9.17) is 0 Å². The van der Waals surface area contributed by atoms with E-state index >= 15 is 0 Å². The Bertz CT molecular complexity index is 347. The zero-order valence-corrected chi connectivity index (χ0v) is 12.4. The highest BCUT2D eigenvalue weighted by atomic mass is 15.1. The molecule has 18 heavy (non-hydrogen) atoms. The highest BCUT2D eigenvalue weighted by Crippen LogP contribution is 2.22. The summed E-state index contributed by atoms with van der Waals surface area (Å²) in [4.78, 5) is 2.50. The van der Waals surface area contributed by atoms with Crippen LogP contribution in [0.5, 0.6) is 0 Å². The molecule has 2 nitrogen and oxygen atoms in total. The van der Waals surface area contributed by atoms with Gasteiger partial charge in [0.15, 0.2) is 0 Å². The summed E-state index contributed by atoms with van der Waals surface area (Å²) in [5.74, 6) is 0. The van der Waals surface area contributed by atoms with E-state index in [0.717, 1.165) is 26.2 Å². The summed E-state index contributed by atoms with van der Waals surface area (Å²) in [6.45, 7) is 13.1. The molecule has 0 aliphatic heterocycles. The molecule has 0 heterocycles. The van der Waals surface area contributed by atoms with Crippen LogP contribution >= 0.6 is 0 Å². The molecular weight excluding hydrogens is 220 g/mol. The van der Waals surface area contributed by atoms with Crippen molar-refractivity contribution in [2.75, 3.05) is 24.5 Å². The minimum absolute atomic E-state index is 0.968. The van der Waals surface area contributed by atoms with E-state index in [1.54, 1.807) is 0 Å². The third-order valence-electron chi connectivity index (χ3n) is 3.30. The lowest BCUT2D eigenvalue weighted by Crippen LogP contribution is -2.26. The SMILES string of the molecule is CCCCN(CC)c1ccc(C)cc1CNCC. The molecule has 0 saturated heterocycles. The molecule has 0 radical (unpaired) electrons. The molecule has 1 N–H and O–H groups in total. The van der Waals surface area contributed by atoms with Crippen LogP contribution < -0.4 is 10.2 Å². The van der Waals surface area contributed by atoms with Gasteiger partial charge in [0.1, 0.15) is 0 Å². The number of benzene rings is 1. The number of unbranched alkanes of at least 4 members (excludes halogenated alkanes) is 1. The zero-order valence-electron chi connectivity index (χ0n) is 12.4. The van der Waals surface area contributed by atoms with E-state index in [2.05, 4.69) is 56.1 Å². The van der Waals surface area contributed by atoms with Gasteiger partial charge in [-0.3, -0.25) is 0 Å². The molecule has 0 aliphatic rings. The van der Waals surface area contributed by atoms with Crippen LogP contribution in [0.4, 0.5) is 5.69 Å². The summed E-state index contributed by atoms with van der Waals surface area (Å²) in [6, 6.07) is 6.81. The Labute approximate surface area is 112 Å². The Morgan fingerprint density at radius 1 is 1.17 bits per heavy atom. The number of anilines is 1. The molecule has 0 spiro atoms. The van der Waals surface area contributed by atoms with Crippen molar-refractivity contribution < 1.29 is 0 Å². The van der Waals surface area contributed by atoms with E-state index in [1.165, 1.54) is 29.7 Å². The van der Waals surface area contributed by atoms with Gasteiger partial charge in [0.25, 0.3) is 0 Å². The second-order valence-electron chi connectivity index (χ2n) is 4.85. The molecule has 0 aliphatic carbocycles. The van der Waals surface area contributed by atoms with Crippen LogP contribution in [0.15, 0.2) is 18.2 Å². The molecule has 1 aromatic carbocycles. The van der Waals surface area contributed by atoms with Crippen LogP contribution in [0.1, 0.15) is 44.7 Å². The number of rotatable bonds is 8. The summed E-state index contributed by atoms with van der Waals surface area (Å²) in [5.41, 5.74) is 4.17. The van der Waals surface area contributed by atoms with Crippen LogP contribution in [0.3, 0.4) is 0 Å². The van der Waals surface area contributed by atoms with Gasteiger partial charge < -0.3 is 10.2 Å². The maximum absolute atomic E-state index is 3.44. The predicted octanol–water partition coefficient (Wildman–Crippen LogP) is 3.73. The van der Waals surface area contributed by atoms with Gasteiger partial charge in [-0.1, -0.05) is 38.0 Å². The summed E-state index contributed by atoms with van der Waals surface area (Å²) in [7, 11) is 0. The standard InChI is InChI=1S/C16H28N2/c1-5-8-11-18(7-3)16-10-9-14(4)12-15(16)13-17-6-2/h9-10,12,17H,5-8,11,13H2,1-4H3. The third kappa shape index (κ3) is 4.34. The first-order valence-electron chi connectivity index (χ1n) is 7.28. The lowest BCUT2D eigenvalue weighted by molar-refractivity contribution is 0.704. The van der Waals surface area contributed by atoms with Crippen LogP contribution in [-0.2, 0) is 6.54 Å². The summed E-state index contributed by atoms with van der Waals surface area (Å²) >= 11 is 0. The van der Waals surface area contributed by atoms with Gasteiger partial charge in [0, 0.05) is 25.3 Å². The molecule has 0 aromatic heterocycles. The zero-order chi connectivity index (χ0) is 13.4. The summed E-state index contributed by atoms with van der Waals surface area (Å²) in [6.07, 6.45) is 2.52. The predicted molar refractivity (Wildman–Crippen MR) is 81.4 cm³/mol. The number of hydrogen-bond donors (Lipinski definition) is 1. The van der Waals surface area contributed by atoms with Crippen LogP contribution in [-0.4, -0.2) is 19.6 Å². The molecule has 2 heteroatoms. The van der Waals surface area contributed by atoms with Crippen molar-refractivity contribution in [1.29, 1.82) is 0 Å². The molecule has 0 saturated carbocycles. The lowest BCUT2D eigenvalue weighted by Gasteiger charge is -2.26. The van der Waals surface area contributed by atoms with Gasteiger partial charge in [-0.15, -0.1) is 0 Å². The van der Waals surface area contributed by atoms with Crippen molar-refractivity contribution in [3.8, 4) is 0 Å². The van der Waals surface area contributed by atoms with Crippen molar-refractivity contribution in [1.82, 2.24) is 5.32 Å². The van der Waals surface area contributed by atoms with E-state index in [0.29, 0.717) is 0 Å². The molecule has 0 atom stereocenters. The van der Waals surface area contributed by atoms with Crippen molar-refractivity contribution in [3.63, 3.8) is 0 Å². The van der Waals surface area contributed by atoms with Gasteiger partial charge in [-0.25, -0.2) is 0 Å². The maximum atomic E-state index is 3.44. The van der Waals surface area contributed by atoms with Crippen LogP contribution in [0, 0.1) is 6.92 Å². The number of nitrogens with zero attached hydrogens (tertiary/aromatic N) is 1. The van der Waals surface area contributed by atoms with Gasteiger partial charge in [0.05, 0.1) is 0 Å².